The maximum Gasteiger partial charge on any atom is 0.191 e. The monoisotopic (exact) mass is 563 g/mol. The number of fused-ring (bicyclic) bond motifs is 1. The minimum atomic E-state index is 0. The number of nitrogens with zero attached hydrogens (tertiary/aromatic N) is 5. The van der Waals surface area contributed by atoms with Gasteiger partial charge in [0.1, 0.15) is 11.6 Å². The smallest absolute Gasteiger partial charge is 0.191 e. The van der Waals surface area contributed by atoms with Crippen molar-refractivity contribution in [2.24, 2.45) is 4.99 Å². The summed E-state index contributed by atoms with van der Waals surface area (Å²) in [4.78, 5) is 7.48. The summed E-state index contributed by atoms with van der Waals surface area (Å²) in [5.74, 6) is 2.66. The highest BCUT2D eigenvalue weighted by Gasteiger charge is 2.23. The topological polar surface area (TPSA) is 79.1 Å². The van der Waals surface area contributed by atoms with Crippen LogP contribution in [0.2, 0.25) is 0 Å². The van der Waals surface area contributed by atoms with E-state index in [9.17, 15) is 0 Å². The molecule has 1 fully saturated rings. The van der Waals surface area contributed by atoms with Gasteiger partial charge in [0, 0.05) is 25.7 Å². The van der Waals surface area contributed by atoms with Crippen LogP contribution in [0.3, 0.4) is 0 Å². The van der Waals surface area contributed by atoms with E-state index in [1.165, 1.54) is 18.4 Å². The molecule has 4 rings (SSSR count). The summed E-state index contributed by atoms with van der Waals surface area (Å²) >= 11 is 0. The van der Waals surface area contributed by atoms with Crippen LogP contribution in [-0.2, 0) is 6.42 Å². The van der Waals surface area contributed by atoms with Crippen molar-refractivity contribution in [3.05, 3.63) is 60.0 Å². The number of methoxy groups -OCH3 is 1. The first-order valence-corrected chi connectivity index (χ1v) is 11.5. The molecule has 3 aromatic rings. The SMILES string of the molecule is CCNC(=NCC(c1ccc(OC)cc1)N1CCCC1)NCCc1nnc2ccccn12.I. The molecule has 1 atom stereocenters. The van der Waals surface area contributed by atoms with Crippen LogP contribution in [-0.4, -0.2) is 65.3 Å². The van der Waals surface area contributed by atoms with Gasteiger partial charge < -0.3 is 15.4 Å². The van der Waals surface area contributed by atoms with Crippen molar-refractivity contribution in [2.45, 2.75) is 32.2 Å². The number of ether oxygens (including phenoxy) is 1. The van der Waals surface area contributed by atoms with Crippen LogP contribution in [0.15, 0.2) is 53.7 Å². The Bertz CT molecular complexity index is 1020. The van der Waals surface area contributed by atoms with Crippen LogP contribution in [0.1, 0.15) is 37.2 Å². The zero-order valence-electron chi connectivity index (χ0n) is 19.4. The van der Waals surface area contributed by atoms with Crippen molar-refractivity contribution < 1.29 is 4.74 Å². The van der Waals surface area contributed by atoms with Gasteiger partial charge in [0.25, 0.3) is 0 Å². The zero-order chi connectivity index (χ0) is 22.2. The number of guanidine groups is 1. The molecule has 2 aromatic heterocycles. The van der Waals surface area contributed by atoms with Gasteiger partial charge in [0.2, 0.25) is 0 Å². The summed E-state index contributed by atoms with van der Waals surface area (Å²) in [6.45, 7) is 6.58. The molecule has 3 heterocycles. The number of aromatic nitrogens is 3. The first-order valence-electron chi connectivity index (χ1n) is 11.5. The molecule has 2 N–H and O–H groups in total. The molecule has 0 aliphatic carbocycles. The second-order valence-corrected chi connectivity index (χ2v) is 7.97. The quantitative estimate of drug-likeness (QED) is 0.237. The summed E-state index contributed by atoms with van der Waals surface area (Å²) in [5.41, 5.74) is 2.15. The van der Waals surface area contributed by atoms with Gasteiger partial charge in [-0.3, -0.25) is 14.3 Å². The molecule has 1 aliphatic heterocycles. The summed E-state index contributed by atoms with van der Waals surface area (Å²) in [7, 11) is 1.70. The van der Waals surface area contributed by atoms with Crippen molar-refractivity contribution in [2.75, 3.05) is 39.8 Å². The van der Waals surface area contributed by atoms with Gasteiger partial charge >= 0.3 is 0 Å². The number of rotatable bonds is 9. The highest BCUT2D eigenvalue weighted by molar-refractivity contribution is 14.0. The third-order valence-electron chi connectivity index (χ3n) is 5.87. The molecule has 0 radical (unpaired) electrons. The third kappa shape index (κ3) is 6.57. The lowest BCUT2D eigenvalue weighted by atomic mass is 10.1. The van der Waals surface area contributed by atoms with Gasteiger partial charge in [-0.2, -0.15) is 0 Å². The molecule has 178 valence electrons. The van der Waals surface area contributed by atoms with E-state index < -0.39 is 0 Å². The molecular weight excluding hydrogens is 529 g/mol. The van der Waals surface area contributed by atoms with Gasteiger partial charge in [-0.15, -0.1) is 34.2 Å². The summed E-state index contributed by atoms with van der Waals surface area (Å²) in [6.07, 6.45) is 5.27. The molecule has 0 bridgehead atoms. The maximum atomic E-state index is 5.33. The predicted octanol–water partition coefficient (Wildman–Crippen LogP) is 3.29. The number of hydrogen-bond acceptors (Lipinski definition) is 5. The standard InChI is InChI=1S/C24H33N7O.HI/c1-3-25-24(26-14-13-23-29-28-22-8-4-5-17-31(22)23)27-18-21(30-15-6-7-16-30)19-9-11-20(32-2)12-10-19;/h4-5,8-12,17,21H,3,6-7,13-16,18H2,1-2H3,(H2,25,26,27);1H. The van der Waals surface area contributed by atoms with Crippen LogP contribution in [0, 0.1) is 0 Å². The average molecular weight is 563 g/mol. The average Bonchev–Trinajstić information content (AvgIpc) is 3.50. The number of likely N-dealkylation sites (tertiary alicyclic amines) is 1. The number of aliphatic imine (C=N–C) groups is 1. The van der Waals surface area contributed by atoms with Gasteiger partial charge in [-0.25, -0.2) is 0 Å². The first kappa shape index (κ1) is 25.2. The molecule has 0 spiro atoms. The molecule has 8 nitrogen and oxygen atoms in total. The van der Waals surface area contributed by atoms with Gasteiger partial charge in [-0.05, 0) is 62.7 Å². The highest BCUT2D eigenvalue weighted by atomic mass is 127. The Labute approximate surface area is 212 Å². The molecule has 9 heteroatoms. The van der Waals surface area contributed by atoms with E-state index in [0.29, 0.717) is 6.54 Å². The molecule has 1 aromatic carbocycles. The Hall–Kier alpha value is -2.40. The predicted molar refractivity (Wildman–Crippen MR) is 143 cm³/mol. The van der Waals surface area contributed by atoms with Crippen LogP contribution in [0.5, 0.6) is 5.75 Å². The van der Waals surface area contributed by atoms with Crippen molar-refractivity contribution in [1.82, 2.24) is 30.1 Å². The van der Waals surface area contributed by atoms with Crippen molar-refractivity contribution >= 4 is 35.6 Å². The van der Waals surface area contributed by atoms with E-state index >= 15 is 0 Å². The zero-order valence-corrected chi connectivity index (χ0v) is 21.7. The lowest BCUT2D eigenvalue weighted by Gasteiger charge is -2.27. The molecule has 1 unspecified atom stereocenters. The number of pyridine rings is 1. The fourth-order valence-electron chi connectivity index (χ4n) is 4.18. The van der Waals surface area contributed by atoms with E-state index in [1.54, 1.807) is 7.11 Å². The lowest BCUT2D eigenvalue weighted by molar-refractivity contribution is 0.251. The molecule has 33 heavy (non-hydrogen) atoms. The Morgan fingerprint density at radius 2 is 1.88 bits per heavy atom. The summed E-state index contributed by atoms with van der Waals surface area (Å²) in [6, 6.07) is 14.6. The highest BCUT2D eigenvalue weighted by Crippen LogP contribution is 2.27. The summed E-state index contributed by atoms with van der Waals surface area (Å²) in [5, 5.41) is 15.4. The van der Waals surface area contributed by atoms with Crippen molar-refractivity contribution in [3.8, 4) is 5.75 Å². The van der Waals surface area contributed by atoms with Crippen molar-refractivity contribution in [1.29, 1.82) is 0 Å². The van der Waals surface area contributed by atoms with E-state index in [-0.39, 0.29) is 30.0 Å². The molecule has 1 saturated heterocycles. The number of nitrogens with one attached hydrogen (secondary N) is 2. The normalized spacial score (nSPS) is 15.3. The summed E-state index contributed by atoms with van der Waals surface area (Å²) < 4.78 is 7.36. The largest absolute Gasteiger partial charge is 0.497 e. The lowest BCUT2D eigenvalue weighted by Crippen LogP contribution is -2.39. The third-order valence-corrected chi connectivity index (χ3v) is 5.87. The number of hydrogen-bond donors (Lipinski definition) is 2. The van der Waals surface area contributed by atoms with Crippen LogP contribution in [0.4, 0.5) is 0 Å². The Morgan fingerprint density at radius 1 is 1.09 bits per heavy atom. The van der Waals surface area contributed by atoms with Gasteiger partial charge in [0.05, 0.1) is 19.7 Å². The van der Waals surface area contributed by atoms with Gasteiger partial charge in [-0.1, -0.05) is 18.2 Å². The minimum absolute atomic E-state index is 0. The Kier molecular flexibility index (Phi) is 9.74. The van der Waals surface area contributed by atoms with Gasteiger partial charge in [0.15, 0.2) is 11.6 Å². The molecular formula is C24H34IN7O. The van der Waals surface area contributed by atoms with Crippen LogP contribution >= 0.6 is 24.0 Å². The fourth-order valence-corrected chi connectivity index (χ4v) is 4.18. The maximum absolute atomic E-state index is 5.33. The second-order valence-electron chi connectivity index (χ2n) is 7.97. The van der Waals surface area contributed by atoms with E-state index in [1.807, 2.05) is 40.9 Å². The van der Waals surface area contributed by atoms with Crippen LogP contribution in [0.25, 0.3) is 5.65 Å². The fraction of sp³-hybridized carbons (Fsp3) is 0.458. The van der Waals surface area contributed by atoms with Crippen molar-refractivity contribution in [3.63, 3.8) is 0 Å². The molecule has 1 aliphatic rings. The molecule has 0 amide bonds. The minimum Gasteiger partial charge on any atom is -0.497 e. The second kappa shape index (κ2) is 12.7. The first-order chi connectivity index (χ1) is 15.8. The number of benzene rings is 1. The molecule has 0 saturated carbocycles. The van der Waals surface area contributed by atoms with E-state index in [2.05, 4.69) is 44.8 Å². The van der Waals surface area contributed by atoms with Crippen LogP contribution < -0.4 is 15.4 Å². The van der Waals surface area contributed by atoms with E-state index in [4.69, 9.17) is 9.73 Å². The Morgan fingerprint density at radius 3 is 2.61 bits per heavy atom. The van der Waals surface area contributed by atoms with E-state index in [0.717, 1.165) is 55.8 Å². The number of halogens is 1. The Balaban J connectivity index is 0.00000306.